The van der Waals surface area contributed by atoms with Crippen molar-refractivity contribution in [3.8, 4) is 17.1 Å². The van der Waals surface area contributed by atoms with Gasteiger partial charge in [0.25, 0.3) is 0 Å². The number of aryl methyl sites for hydroxylation is 2. The standard InChI is InChI=1S/C32H38N3.Ir/c1-8-9-21-31(4,5)30-34-33-29(35(30)28-20-15-23(2)22-24(28)3)25-16-18-27(19-17-25)32(6,7)26-13-11-10-12-14-26;/h10-16,18-20,22H,8-9,21H2,1-7H3;/q-1;. The summed E-state index contributed by atoms with van der Waals surface area (Å²) in [5.41, 5.74) is 6.90. The maximum absolute atomic E-state index is 4.77. The zero-order valence-electron chi connectivity index (χ0n) is 22.6. The Labute approximate surface area is 230 Å². The summed E-state index contributed by atoms with van der Waals surface area (Å²) in [4.78, 5) is 0. The zero-order chi connectivity index (χ0) is 25.2. The maximum atomic E-state index is 4.77. The fraction of sp³-hybridized carbons (Fsp3) is 0.375. The molecule has 1 aromatic heterocycles. The third kappa shape index (κ3) is 5.56. The van der Waals surface area contributed by atoms with Gasteiger partial charge >= 0.3 is 0 Å². The van der Waals surface area contributed by atoms with E-state index in [4.69, 9.17) is 10.2 Å². The second-order valence-corrected chi connectivity index (χ2v) is 10.9. The summed E-state index contributed by atoms with van der Waals surface area (Å²) in [6, 6.07) is 27.3. The van der Waals surface area contributed by atoms with Crippen LogP contribution in [0.5, 0.6) is 0 Å². The fourth-order valence-corrected chi connectivity index (χ4v) is 4.89. The molecular weight excluding hydrogens is 619 g/mol. The summed E-state index contributed by atoms with van der Waals surface area (Å²) in [7, 11) is 0. The molecule has 0 fully saturated rings. The van der Waals surface area contributed by atoms with E-state index in [1.165, 1.54) is 28.7 Å². The Balaban J connectivity index is 0.00000361. The quantitative estimate of drug-likeness (QED) is 0.179. The number of unbranched alkanes of at least 4 members (excludes halogenated alkanes) is 1. The third-order valence-electron chi connectivity index (χ3n) is 7.29. The predicted octanol–water partition coefficient (Wildman–Crippen LogP) is 8.14. The van der Waals surface area contributed by atoms with Crippen molar-refractivity contribution in [2.75, 3.05) is 0 Å². The van der Waals surface area contributed by atoms with Crippen LogP contribution in [0.4, 0.5) is 0 Å². The first kappa shape index (κ1) is 28.0. The van der Waals surface area contributed by atoms with Crippen LogP contribution >= 0.6 is 0 Å². The molecule has 4 aromatic rings. The molecule has 0 amide bonds. The first-order chi connectivity index (χ1) is 16.6. The molecule has 1 radical (unpaired) electrons. The molecule has 4 rings (SSSR count). The van der Waals surface area contributed by atoms with Crippen LogP contribution in [0.25, 0.3) is 17.1 Å². The average Bonchev–Trinajstić information content (AvgIpc) is 3.29. The van der Waals surface area contributed by atoms with Crippen LogP contribution in [0, 0.1) is 19.9 Å². The molecule has 4 heteroatoms. The van der Waals surface area contributed by atoms with E-state index in [9.17, 15) is 0 Å². The monoisotopic (exact) mass is 657 g/mol. The SMILES string of the molecule is CCCCC(C)(C)c1nnc(-c2[c-]cc(C(C)(C)c3ccccc3)cc2)n1-c1ccc(C)cc1C.[Ir]. The van der Waals surface area contributed by atoms with E-state index in [0.29, 0.717) is 0 Å². The van der Waals surface area contributed by atoms with E-state index in [0.717, 1.165) is 35.7 Å². The summed E-state index contributed by atoms with van der Waals surface area (Å²) in [5.74, 6) is 1.86. The molecule has 0 saturated heterocycles. The van der Waals surface area contributed by atoms with Gasteiger partial charge < -0.3 is 4.57 Å². The van der Waals surface area contributed by atoms with Gasteiger partial charge in [-0.05, 0) is 42.9 Å². The Hall–Kier alpha value is -2.55. The minimum Gasteiger partial charge on any atom is -0.319 e. The van der Waals surface area contributed by atoms with Crippen molar-refractivity contribution >= 4 is 0 Å². The number of benzene rings is 3. The van der Waals surface area contributed by atoms with Gasteiger partial charge in [0.15, 0.2) is 0 Å². The minimum atomic E-state index is -0.106. The van der Waals surface area contributed by atoms with Gasteiger partial charge in [-0.3, -0.25) is 0 Å². The van der Waals surface area contributed by atoms with Crippen LogP contribution in [0.1, 0.15) is 82.0 Å². The van der Waals surface area contributed by atoms with E-state index >= 15 is 0 Å². The van der Waals surface area contributed by atoms with Crippen molar-refractivity contribution < 1.29 is 20.1 Å². The van der Waals surface area contributed by atoms with Gasteiger partial charge in [-0.15, -0.1) is 40.5 Å². The van der Waals surface area contributed by atoms with E-state index in [-0.39, 0.29) is 30.9 Å². The molecule has 1 heterocycles. The number of hydrogen-bond acceptors (Lipinski definition) is 2. The molecule has 0 atom stereocenters. The molecule has 0 aliphatic heterocycles. The first-order valence-corrected chi connectivity index (χ1v) is 12.8. The smallest absolute Gasteiger partial charge is 0.134 e. The molecule has 3 aromatic carbocycles. The Morgan fingerprint density at radius 2 is 1.58 bits per heavy atom. The predicted molar refractivity (Wildman–Crippen MR) is 146 cm³/mol. The zero-order valence-corrected chi connectivity index (χ0v) is 25.0. The summed E-state index contributed by atoms with van der Waals surface area (Å²) in [6.07, 6.45) is 3.40. The Morgan fingerprint density at radius 3 is 2.19 bits per heavy atom. The molecular formula is C32H38IrN3-. The van der Waals surface area contributed by atoms with Gasteiger partial charge in [-0.25, -0.2) is 0 Å². The van der Waals surface area contributed by atoms with E-state index in [1.807, 2.05) is 0 Å². The van der Waals surface area contributed by atoms with E-state index in [1.54, 1.807) is 0 Å². The maximum Gasteiger partial charge on any atom is 0.134 e. The van der Waals surface area contributed by atoms with Crippen molar-refractivity contribution in [3.63, 3.8) is 0 Å². The number of rotatable bonds is 8. The van der Waals surface area contributed by atoms with Crippen molar-refractivity contribution in [2.45, 2.75) is 78.6 Å². The summed E-state index contributed by atoms with van der Waals surface area (Å²) in [5, 5.41) is 9.50. The molecule has 36 heavy (non-hydrogen) atoms. The Morgan fingerprint density at radius 1 is 0.861 bits per heavy atom. The molecule has 0 N–H and O–H groups in total. The van der Waals surface area contributed by atoms with Crippen molar-refractivity contribution in [1.82, 2.24) is 14.8 Å². The number of hydrogen-bond donors (Lipinski definition) is 0. The fourth-order valence-electron chi connectivity index (χ4n) is 4.89. The van der Waals surface area contributed by atoms with Crippen LogP contribution < -0.4 is 0 Å². The van der Waals surface area contributed by atoms with Crippen LogP contribution in [-0.2, 0) is 30.9 Å². The molecule has 0 aliphatic rings. The van der Waals surface area contributed by atoms with Crippen molar-refractivity contribution in [1.29, 1.82) is 0 Å². The second kappa shape index (κ2) is 11.2. The third-order valence-corrected chi connectivity index (χ3v) is 7.29. The molecule has 3 nitrogen and oxygen atoms in total. The van der Waals surface area contributed by atoms with Crippen LogP contribution in [0.3, 0.4) is 0 Å². The Kier molecular flexibility index (Phi) is 8.75. The summed E-state index contributed by atoms with van der Waals surface area (Å²) >= 11 is 0. The molecule has 0 aliphatic carbocycles. The van der Waals surface area contributed by atoms with Gasteiger partial charge in [0.2, 0.25) is 0 Å². The van der Waals surface area contributed by atoms with Gasteiger partial charge in [-0.1, -0.05) is 95.5 Å². The van der Waals surface area contributed by atoms with Crippen LogP contribution in [-0.4, -0.2) is 14.8 Å². The van der Waals surface area contributed by atoms with E-state index < -0.39 is 0 Å². The van der Waals surface area contributed by atoms with Crippen molar-refractivity contribution in [2.24, 2.45) is 0 Å². The van der Waals surface area contributed by atoms with Crippen LogP contribution in [0.15, 0.2) is 66.7 Å². The average molecular weight is 657 g/mol. The normalized spacial score (nSPS) is 11.9. The van der Waals surface area contributed by atoms with Gasteiger partial charge in [0, 0.05) is 31.2 Å². The molecule has 0 unspecified atom stereocenters. The first-order valence-electron chi connectivity index (χ1n) is 12.8. The van der Waals surface area contributed by atoms with E-state index in [2.05, 4.69) is 126 Å². The van der Waals surface area contributed by atoms with Crippen molar-refractivity contribution in [3.05, 3.63) is 101 Å². The van der Waals surface area contributed by atoms with Gasteiger partial charge in [-0.2, -0.15) is 5.10 Å². The Bertz CT molecular complexity index is 1280. The van der Waals surface area contributed by atoms with Crippen LogP contribution in [0.2, 0.25) is 0 Å². The topological polar surface area (TPSA) is 30.7 Å². The summed E-state index contributed by atoms with van der Waals surface area (Å²) in [6.45, 7) is 15.6. The summed E-state index contributed by atoms with van der Waals surface area (Å²) < 4.78 is 2.26. The largest absolute Gasteiger partial charge is 0.319 e. The number of nitrogens with zero attached hydrogens (tertiary/aromatic N) is 3. The number of aromatic nitrogens is 3. The minimum absolute atomic E-state index is 0. The van der Waals surface area contributed by atoms with Gasteiger partial charge in [0.05, 0.1) is 5.82 Å². The second-order valence-electron chi connectivity index (χ2n) is 10.9. The van der Waals surface area contributed by atoms with Gasteiger partial charge in [0.1, 0.15) is 5.82 Å². The molecule has 191 valence electrons. The molecule has 0 bridgehead atoms. The molecule has 0 saturated carbocycles. The molecule has 0 spiro atoms.